The van der Waals surface area contributed by atoms with Crippen molar-refractivity contribution >= 4 is 17.0 Å². The minimum Gasteiger partial charge on any atom is -0.385 e. The normalized spacial score (nSPS) is 16.6. The molecule has 0 bridgehead atoms. The van der Waals surface area contributed by atoms with E-state index in [1.54, 1.807) is 4.90 Å². The molecular weight excluding hydrogens is 336 g/mol. The maximum Gasteiger partial charge on any atom is 0.356 e. The second-order valence-corrected chi connectivity index (χ2v) is 7.60. The molecule has 0 amide bonds. The van der Waals surface area contributed by atoms with Crippen LogP contribution in [0.5, 0.6) is 0 Å². The van der Waals surface area contributed by atoms with E-state index in [0.29, 0.717) is 6.54 Å². The number of nitrogen functional groups attached to an aromatic ring is 1. The van der Waals surface area contributed by atoms with E-state index in [1.165, 1.54) is 32.4 Å². The van der Waals surface area contributed by atoms with E-state index in [0.717, 1.165) is 35.6 Å². The van der Waals surface area contributed by atoms with Crippen LogP contribution in [-0.4, -0.2) is 29.3 Å². The van der Waals surface area contributed by atoms with Gasteiger partial charge in [-0.3, -0.25) is 5.73 Å². The Bertz CT molecular complexity index is 884. The van der Waals surface area contributed by atoms with Crippen LogP contribution >= 0.6 is 0 Å². The summed E-state index contributed by atoms with van der Waals surface area (Å²) in [6.07, 6.45) is 3.46. The average molecular weight is 367 g/mol. The second kappa shape index (κ2) is 8.11. The standard InChI is InChI=1S/C22H28N4O/c23-22-25(16-15-24-13-7-2-8-14-24)19-11-5-6-12-20(19)26(22)17-21(27)18-9-3-1-4-10-18/h1,3-6,9-12,21,23,27H,2,7-8,13-17H2/p+2/t21-/m0/s1. The van der Waals surface area contributed by atoms with Crippen molar-refractivity contribution in [3.63, 3.8) is 0 Å². The molecule has 1 aromatic heterocycles. The Kier molecular flexibility index (Phi) is 5.41. The Balaban J connectivity index is 1.60. The third-order valence-electron chi connectivity index (χ3n) is 5.81. The van der Waals surface area contributed by atoms with Crippen molar-refractivity contribution in [3.05, 3.63) is 60.2 Å². The number of hydrogen-bond donors (Lipinski definition) is 3. The van der Waals surface area contributed by atoms with E-state index < -0.39 is 6.10 Å². The van der Waals surface area contributed by atoms with Gasteiger partial charge in [-0.25, -0.2) is 9.13 Å². The van der Waals surface area contributed by atoms with Crippen LogP contribution in [0.15, 0.2) is 54.6 Å². The fraction of sp³-hybridized carbons (Fsp3) is 0.409. The minimum absolute atomic E-state index is 0.458. The largest absolute Gasteiger partial charge is 0.385 e. The number of aliphatic hydroxyl groups is 1. The number of likely N-dealkylation sites (tertiary alicyclic amines) is 1. The molecule has 0 spiro atoms. The van der Waals surface area contributed by atoms with Crippen LogP contribution in [0.1, 0.15) is 30.9 Å². The summed E-state index contributed by atoms with van der Waals surface area (Å²) in [6, 6.07) is 18.1. The van der Waals surface area contributed by atoms with Crippen molar-refractivity contribution in [2.75, 3.05) is 25.4 Å². The lowest BCUT2D eigenvalue weighted by Crippen LogP contribution is -3.13. The van der Waals surface area contributed by atoms with Gasteiger partial charge in [0.2, 0.25) is 0 Å². The fourth-order valence-corrected chi connectivity index (χ4v) is 4.27. The van der Waals surface area contributed by atoms with Crippen molar-refractivity contribution in [2.24, 2.45) is 0 Å². The average Bonchev–Trinajstić information content (AvgIpc) is 2.99. The number of rotatable bonds is 6. The Morgan fingerprint density at radius 3 is 2.48 bits per heavy atom. The number of imidazole rings is 1. The van der Waals surface area contributed by atoms with E-state index in [2.05, 4.69) is 27.3 Å². The summed E-state index contributed by atoms with van der Waals surface area (Å²) in [4.78, 5) is 1.68. The maximum atomic E-state index is 10.7. The topological polar surface area (TPSA) is 59.5 Å². The first kappa shape index (κ1) is 18.0. The van der Waals surface area contributed by atoms with Crippen LogP contribution in [-0.2, 0) is 13.1 Å². The van der Waals surface area contributed by atoms with Crippen LogP contribution in [0.2, 0.25) is 0 Å². The highest BCUT2D eigenvalue weighted by Crippen LogP contribution is 2.19. The molecule has 0 aliphatic carbocycles. The molecule has 4 N–H and O–H groups in total. The molecule has 0 unspecified atom stereocenters. The molecule has 1 aliphatic heterocycles. The van der Waals surface area contributed by atoms with Crippen molar-refractivity contribution in [2.45, 2.75) is 38.5 Å². The zero-order valence-electron chi connectivity index (χ0n) is 15.8. The Hall–Kier alpha value is -2.37. The molecule has 4 rings (SSSR count). The van der Waals surface area contributed by atoms with Gasteiger partial charge in [-0.2, -0.15) is 0 Å². The van der Waals surface area contributed by atoms with Gasteiger partial charge in [-0.15, -0.1) is 0 Å². The first-order valence-electron chi connectivity index (χ1n) is 10.1. The van der Waals surface area contributed by atoms with Crippen LogP contribution in [0.4, 0.5) is 5.95 Å². The van der Waals surface area contributed by atoms with E-state index in [-0.39, 0.29) is 0 Å². The maximum absolute atomic E-state index is 10.7. The molecule has 2 aromatic carbocycles. The molecule has 0 radical (unpaired) electrons. The van der Waals surface area contributed by atoms with Crippen LogP contribution in [0.25, 0.3) is 11.0 Å². The highest BCUT2D eigenvalue weighted by atomic mass is 16.3. The van der Waals surface area contributed by atoms with E-state index in [4.69, 9.17) is 5.73 Å². The zero-order valence-corrected chi connectivity index (χ0v) is 15.8. The number of nitrogens with zero attached hydrogens (tertiary/aromatic N) is 2. The number of nitrogens with one attached hydrogen (secondary N) is 1. The van der Waals surface area contributed by atoms with Crippen LogP contribution < -0.4 is 15.2 Å². The highest BCUT2D eigenvalue weighted by molar-refractivity contribution is 5.73. The summed E-state index contributed by atoms with van der Waals surface area (Å²) in [5, 5.41) is 10.7. The number of quaternary nitrogens is 1. The summed E-state index contributed by atoms with van der Waals surface area (Å²) in [6.45, 7) is 5.01. The smallest absolute Gasteiger partial charge is 0.356 e. The fourth-order valence-electron chi connectivity index (χ4n) is 4.27. The lowest BCUT2D eigenvalue weighted by atomic mass is 10.1. The lowest BCUT2D eigenvalue weighted by molar-refractivity contribution is -0.905. The number of fused-ring (bicyclic) bond motifs is 1. The summed E-state index contributed by atoms with van der Waals surface area (Å²) in [5.41, 5.74) is 9.71. The van der Waals surface area contributed by atoms with Gasteiger partial charge < -0.3 is 10.0 Å². The highest BCUT2D eigenvalue weighted by Gasteiger charge is 2.24. The molecule has 5 heteroatoms. The lowest BCUT2D eigenvalue weighted by Gasteiger charge is -2.22. The van der Waals surface area contributed by atoms with Crippen molar-refractivity contribution in [1.29, 1.82) is 0 Å². The molecule has 1 atom stereocenters. The number of benzene rings is 2. The number of aliphatic hydroxyl groups excluding tert-OH is 1. The van der Waals surface area contributed by atoms with E-state index >= 15 is 0 Å². The first-order valence-corrected chi connectivity index (χ1v) is 10.1. The summed E-state index contributed by atoms with van der Waals surface area (Å²) >= 11 is 0. The summed E-state index contributed by atoms with van der Waals surface area (Å²) in [7, 11) is 0. The first-order chi connectivity index (χ1) is 13.2. The molecule has 27 heavy (non-hydrogen) atoms. The quantitative estimate of drug-likeness (QED) is 0.576. The predicted octanol–water partition coefficient (Wildman–Crippen LogP) is 1.31. The zero-order chi connectivity index (χ0) is 18.6. The molecule has 1 saturated heterocycles. The molecule has 142 valence electrons. The van der Waals surface area contributed by atoms with Gasteiger partial charge in [-0.05, 0) is 37.0 Å². The summed E-state index contributed by atoms with van der Waals surface area (Å²) in [5.74, 6) is 0.725. The number of aromatic nitrogens is 2. The van der Waals surface area contributed by atoms with Gasteiger partial charge in [-0.1, -0.05) is 42.5 Å². The molecule has 5 nitrogen and oxygen atoms in total. The van der Waals surface area contributed by atoms with Crippen LogP contribution in [0.3, 0.4) is 0 Å². The number of para-hydroxylation sites is 2. The van der Waals surface area contributed by atoms with Gasteiger partial charge in [0.15, 0.2) is 0 Å². The van der Waals surface area contributed by atoms with Gasteiger partial charge in [0.05, 0.1) is 13.1 Å². The number of hydrogen-bond acceptors (Lipinski definition) is 2. The molecular formula is C22H30N4O+2. The number of anilines is 1. The van der Waals surface area contributed by atoms with E-state index in [1.807, 2.05) is 36.4 Å². The monoisotopic (exact) mass is 366 g/mol. The molecule has 0 saturated carbocycles. The SMILES string of the molecule is Nc1n(CC[NH+]2CCCCC2)c2ccccc2[n+]1C[C@H](O)c1ccccc1. The van der Waals surface area contributed by atoms with Gasteiger partial charge >= 0.3 is 5.95 Å². The van der Waals surface area contributed by atoms with Crippen molar-refractivity contribution in [1.82, 2.24) is 4.57 Å². The third kappa shape index (κ3) is 3.84. The van der Waals surface area contributed by atoms with E-state index in [9.17, 15) is 5.11 Å². The Morgan fingerprint density at radius 2 is 1.70 bits per heavy atom. The molecule has 3 aromatic rings. The van der Waals surface area contributed by atoms with Crippen molar-refractivity contribution in [3.8, 4) is 0 Å². The van der Waals surface area contributed by atoms with Gasteiger partial charge in [0.25, 0.3) is 0 Å². The Labute approximate surface area is 160 Å². The number of piperidine rings is 1. The van der Waals surface area contributed by atoms with Crippen molar-refractivity contribution < 1.29 is 14.6 Å². The van der Waals surface area contributed by atoms with Gasteiger partial charge in [0, 0.05) is 0 Å². The summed E-state index contributed by atoms with van der Waals surface area (Å²) < 4.78 is 4.27. The third-order valence-corrected chi connectivity index (χ3v) is 5.81. The molecule has 2 heterocycles. The predicted molar refractivity (Wildman–Crippen MR) is 107 cm³/mol. The molecule has 1 fully saturated rings. The number of nitrogens with two attached hydrogens (primary N) is 1. The molecule has 1 aliphatic rings. The second-order valence-electron chi connectivity index (χ2n) is 7.60. The Morgan fingerprint density at radius 1 is 1.00 bits per heavy atom. The van der Waals surface area contributed by atoms with Gasteiger partial charge in [0.1, 0.15) is 36.8 Å². The van der Waals surface area contributed by atoms with Crippen LogP contribution in [0, 0.1) is 0 Å². The minimum atomic E-state index is -0.578.